The number of para-hydroxylation sites is 1. The van der Waals surface area contributed by atoms with Crippen molar-refractivity contribution in [2.75, 3.05) is 16.3 Å². The predicted octanol–water partition coefficient (Wildman–Crippen LogP) is 5.44. The third kappa shape index (κ3) is 3.67. The molecule has 2 aliphatic rings. The van der Waals surface area contributed by atoms with Crippen molar-refractivity contribution in [1.82, 2.24) is 0 Å². The summed E-state index contributed by atoms with van der Waals surface area (Å²) in [6, 6.07) is 21.3. The molecule has 0 unspecified atom stereocenters. The van der Waals surface area contributed by atoms with Crippen LogP contribution >= 0.6 is 0 Å². The van der Waals surface area contributed by atoms with Gasteiger partial charge >= 0.3 is 0 Å². The number of carbonyl (C=O) groups is 2. The monoisotopic (exact) mass is 452 g/mol. The first-order valence-corrected chi connectivity index (χ1v) is 11.7. The third-order valence-electron chi connectivity index (χ3n) is 6.32. The number of hydrogen-bond acceptors (Lipinski definition) is 4. The van der Waals surface area contributed by atoms with E-state index in [9.17, 15) is 9.59 Å². The minimum absolute atomic E-state index is 0.0522. The van der Waals surface area contributed by atoms with Crippen molar-refractivity contribution in [2.24, 2.45) is 0 Å². The topological polar surface area (TPSA) is 49.9 Å². The Hall–Kier alpha value is -3.86. The Morgan fingerprint density at radius 2 is 1.59 bits per heavy atom. The fourth-order valence-electron chi connectivity index (χ4n) is 4.85. The highest BCUT2D eigenvalue weighted by Gasteiger charge is 2.44. The molecule has 0 saturated heterocycles. The molecule has 5 nitrogen and oxygen atoms in total. The maximum atomic E-state index is 13.9. The second kappa shape index (κ2) is 8.49. The Balaban J connectivity index is 1.64. The zero-order chi connectivity index (χ0) is 24.0. The minimum Gasteiger partial charge on any atom is -0.491 e. The summed E-state index contributed by atoms with van der Waals surface area (Å²) in [5, 5.41) is 0. The normalized spacial score (nSPS) is 15.6. The lowest BCUT2D eigenvalue weighted by Crippen LogP contribution is -2.35. The second-order valence-corrected chi connectivity index (χ2v) is 9.18. The first-order chi connectivity index (χ1) is 16.3. The summed E-state index contributed by atoms with van der Waals surface area (Å²) < 4.78 is 5.78. The smallest absolute Gasteiger partial charge is 0.282 e. The molecule has 2 amide bonds. The van der Waals surface area contributed by atoms with Gasteiger partial charge in [0.2, 0.25) is 0 Å². The maximum absolute atomic E-state index is 13.9. The van der Waals surface area contributed by atoms with E-state index in [0.29, 0.717) is 29.1 Å². The number of anilines is 2. The molecular weight excluding hydrogens is 424 g/mol. The molecule has 0 atom stereocenters. The van der Waals surface area contributed by atoms with Crippen LogP contribution in [-0.4, -0.2) is 24.5 Å². The lowest BCUT2D eigenvalue weighted by atomic mass is 10.0. The standard InChI is InChI=1S/C29H28N2O3/c1-18(2)34-23-12-10-22(11-13-23)26-27(30-16-15-21-7-5-6-8-25(21)30)29(33)31(28(26)32)24-14-9-19(3)17-20(24)4/h5-14,17-18H,15-16H2,1-4H3. The van der Waals surface area contributed by atoms with Crippen LogP contribution in [0.2, 0.25) is 0 Å². The van der Waals surface area contributed by atoms with E-state index in [4.69, 9.17) is 4.74 Å². The van der Waals surface area contributed by atoms with Gasteiger partial charge in [-0.1, -0.05) is 48.0 Å². The quantitative estimate of drug-likeness (QED) is 0.484. The molecule has 172 valence electrons. The number of amides is 2. The zero-order valence-electron chi connectivity index (χ0n) is 20.0. The number of nitrogens with zero attached hydrogens (tertiary/aromatic N) is 2. The second-order valence-electron chi connectivity index (χ2n) is 9.18. The van der Waals surface area contributed by atoms with Gasteiger partial charge in [0.05, 0.1) is 17.4 Å². The molecule has 34 heavy (non-hydrogen) atoms. The number of carbonyl (C=O) groups excluding carboxylic acids is 2. The Bertz CT molecular complexity index is 1320. The summed E-state index contributed by atoms with van der Waals surface area (Å²) in [4.78, 5) is 31.2. The van der Waals surface area contributed by atoms with Gasteiger partial charge in [0.1, 0.15) is 11.4 Å². The van der Waals surface area contributed by atoms with Gasteiger partial charge in [-0.2, -0.15) is 0 Å². The molecular formula is C29H28N2O3. The van der Waals surface area contributed by atoms with Crippen LogP contribution in [0.1, 0.15) is 36.1 Å². The van der Waals surface area contributed by atoms with Gasteiger partial charge in [-0.05, 0) is 75.1 Å². The van der Waals surface area contributed by atoms with Gasteiger partial charge in [-0.15, -0.1) is 0 Å². The van der Waals surface area contributed by atoms with Gasteiger partial charge in [-0.3, -0.25) is 9.59 Å². The first-order valence-electron chi connectivity index (χ1n) is 11.7. The Labute approximate surface area is 200 Å². The van der Waals surface area contributed by atoms with Crippen molar-refractivity contribution >= 4 is 28.8 Å². The molecule has 0 saturated carbocycles. The van der Waals surface area contributed by atoms with Crippen LogP contribution in [-0.2, 0) is 16.0 Å². The number of hydrogen-bond donors (Lipinski definition) is 0. The van der Waals surface area contributed by atoms with Crippen LogP contribution in [0, 0.1) is 13.8 Å². The van der Waals surface area contributed by atoms with Gasteiger partial charge in [0.25, 0.3) is 11.8 Å². The van der Waals surface area contributed by atoms with Crippen LogP contribution in [0.3, 0.4) is 0 Å². The minimum atomic E-state index is -0.297. The first kappa shape index (κ1) is 22.0. The van der Waals surface area contributed by atoms with E-state index >= 15 is 0 Å². The molecule has 5 heteroatoms. The Morgan fingerprint density at radius 1 is 0.853 bits per heavy atom. The van der Waals surface area contributed by atoms with Crippen LogP contribution in [0.5, 0.6) is 5.75 Å². The number of rotatable bonds is 5. The van der Waals surface area contributed by atoms with E-state index < -0.39 is 0 Å². The van der Waals surface area contributed by atoms with E-state index in [1.54, 1.807) is 0 Å². The van der Waals surface area contributed by atoms with E-state index in [-0.39, 0.29) is 17.9 Å². The molecule has 2 heterocycles. The van der Waals surface area contributed by atoms with Crippen molar-refractivity contribution in [3.63, 3.8) is 0 Å². The number of benzene rings is 3. The van der Waals surface area contributed by atoms with Crippen molar-refractivity contribution in [2.45, 2.75) is 40.2 Å². The number of fused-ring (bicyclic) bond motifs is 1. The van der Waals surface area contributed by atoms with Crippen LogP contribution < -0.4 is 14.5 Å². The lowest BCUT2D eigenvalue weighted by molar-refractivity contribution is -0.120. The third-order valence-corrected chi connectivity index (χ3v) is 6.32. The Kier molecular flexibility index (Phi) is 5.48. The summed E-state index contributed by atoms with van der Waals surface area (Å²) >= 11 is 0. The highest BCUT2D eigenvalue weighted by Crippen LogP contribution is 2.41. The highest BCUT2D eigenvalue weighted by molar-refractivity contribution is 6.46. The lowest BCUT2D eigenvalue weighted by Gasteiger charge is -2.22. The fourth-order valence-corrected chi connectivity index (χ4v) is 4.85. The molecule has 0 fully saturated rings. The molecule has 0 spiro atoms. The van der Waals surface area contributed by atoms with Crippen LogP contribution in [0.15, 0.2) is 72.4 Å². The molecule has 0 aliphatic carbocycles. The van der Waals surface area contributed by atoms with E-state index in [0.717, 1.165) is 29.0 Å². The van der Waals surface area contributed by atoms with Crippen molar-refractivity contribution in [3.8, 4) is 5.75 Å². The predicted molar refractivity (Wildman–Crippen MR) is 135 cm³/mol. The maximum Gasteiger partial charge on any atom is 0.282 e. The molecule has 3 aromatic rings. The molecule has 3 aromatic carbocycles. The van der Waals surface area contributed by atoms with E-state index in [1.807, 2.05) is 93.3 Å². The summed E-state index contributed by atoms with van der Waals surface area (Å²) in [7, 11) is 0. The average Bonchev–Trinajstić information content (AvgIpc) is 3.33. The summed E-state index contributed by atoms with van der Waals surface area (Å²) in [6.45, 7) is 8.54. The summed E-state index contributed by atoms with van der Waals surface area (Å²) in [5.74, 6) is 0.149. The van der Waals surface area contributed by atoms with Crippen molar-refractivity contribution < 1.29 is 14.3 Å². The summed E-state index contributed by atoms with van der Waals surface area (Å²) in [5.41, 5.74) is 6.35. The highest BCUT2D eigenvalue weighted by atomic mass is 16.5. The molecule has 0 bridgehead atoms. The van der Waals surface area contributed by atoms with E-state index in [2.05, 4.69) is 6.07 Å². The molecule has 5 rings (SSSR count). The molecule has 0 N–H and O–H groups in total. The number of imide groups is 1. The van der Waals surface area contributed by atoms with Gasteiger partial charge < -0.3 is 9.64 Å². The molecule has 2 aliphatic heterocycles. The number of ether oxygens (including phenoxy) is 1. The molecule has 0 radical (unpaired) electrons. The molecule has 0 aromatic heterocycles. The van der Waals surface area contributed by atoms with Crippen LogP contribution in [0.25, 0.3) is 5.57 Å². The summed E-state index contributed by atoms with van der Waals surface area (Å²) in [6.07, 6.45) is 0.885. The SMILES string of the molecule is Cc1ccc(N2C(=O)C(c3ccc(OC(C)C)cc3)=C(N3CCc4ccccc43)C2=O)c(C)c1. The largest absolute Gasteiger partial charge is 0.491 e. The van der Waals surface area contributed by atoms with E-state index in [1.165, 1.54) is 10.5 Å². The Morgan fingerprint density at radius 3 is 2.29 bits per heavy atom. The van der Waals surface area contributed by atoms with Crippen molar-refractivity contribution in [3.05, 3.63) is 94.7 Å². The fraction of sp³-hybridized carbons (Fsp3) is 0.241. The van der Waals surface area contributed by atoms with Crippen LogP contribution in [0.4, 0.5) is 11.4 Å². The van der Waals surface area contributed by atoms with Gasteiger partial charge in [0, 0.05) is 12.2 Å². The zero-order valence-corrected chi connectivity index (χ0v) is 20.0. The number of aryl methyl sites for hydroxylation is 2. The average molecular weight is 453 g/mol. The van der Waals surface area contributed by atoms with Gasteiger partial charge in [0.15, 0.2) is 0 Å². The van der Waals surface area contributed by atoms with Gasteiger partial charge in [-0.25, -0.2) is 4.90 Å². The van der Waals surface area contributed by atoms with Crippen molar-refractivity contribution in [1.29, 1.82) is 0 Å².